The van der Waals surface area contributed by atoms with Gasteiger partial charge in [0.25, 0.3) is 0 Å². The van der Waals surface area contributed by atoms with Crippen LogP contribution in [0.2, 0.25) is 0 Å². The zero-order chi connectivity index (χ0) is 17.8. The Bertz CT molecular complexity index is 1280. The molecular weight excluding hydrogens is 335 g/mol. The minimum Gasteiger partial charge on any atom is -0.338 e. The third kappa shape index (κ3) is 2.16. The standard InChI is InChI=1S/C18H13FN6O/c1-25-8-10(16(24-25)9-4-2-3-5-11(9)19)17-20-12-6-14-15(7-13(12)21-17)23-18(26)22-14/h2-8H,1H3,(H,20,21)(H2,22,23,26). The number of aromatic amines is 3. The number of benzene rings is 2. The highest BCUT2D eigenvalue weighted by Crippen LogP contribution is 2.32. The minimum absolute atomic E-state index is 0.262. The molecule has 0 saturated heterocycles. The molecule has 0 unspecified atom stereocenters. The van der Waals surface area contributed by atoms with Crippen LogP contribution in [0, 0.1) is 5.82 Å². The lowest BCUT2D eigenvalue weighted by molar-refractivity contribution is 0.630. The number of hydrogen-bond acceptors (Lipinski definition) is 3. The zero-order valence-electron chi connectivity index (χ0n) is 13.7. The number of rotatable bonds is 2. The molecule has 5 aromatic rings. The highest BCUT2D eigenvalue weighted by atomic mass is 19.1. The lowest BCUT2D eigenvalue weighted by Crippen LogP contribution is -1.99. The van der Waals surface area contributed by atoms with E-state index < -0.39 is 0 Å². The summed E-state index contributed by atoms with van der Waals surface area (Å²) in [7, 11) is 1.78. The number of aryl methyl sites for hydroxylation is 1. The summed E-state index contributed by atoms with van der Waals surface area (Å²) in [6, 6.07) is 10.1. The first-order valence-electron chi connectivity index (χ1n) is 7.99. The van der Waals surface area contributed by atoms with E-state index in [1.54, 1.807) is 42.2 Å². The molecule has 2 aromatic carbocycles. The van der Waals surface area contributed by atoms with Crippen molar-refractivity contribution in [3.63, 3.8) is 0 Å². The molecule has 8 heteroatoms. The van der Waals surface area contributed by atoms with Gasteiger partial charge in [0.05, 0.1) is 27.6 Å². The van der Waals surface area contributed by atoms with E-state index in [-0.39, 0.29) is 11.5 Å². The Morgan fingerprint density at radius 3 is 2.58 bits per heavy atom. The van der Waals surface area contributed by atoms with Gasteiger partial charge in [-0.2, -0.15) is 5.10 Å². The van der Waals surface area contributed by atoms with Gasteiger partial charge in [-0.05, 0) is 24.3 Å². The molecule has 3 heterocycles. The molecule has 0 fully saturated rings. The van der Waals surface area contributed by atoms with Gasteiger partial charge in [0, 0.05) is 18.8 Å². The number of nitrogens with zero attached hydrogens (tertiary/aromatic N) is 3. The van der Waals surface area contributed by atoms with Gasteiger partial charge in [-0.3, -0.25) is 4.68 Å². The Morgan fingerprint density at radius 1 is 1.00 bits per heavy atom. The number of hydrogen-bond donors (Lipinski definition) is 3. The molecular formula is C18H13FN6O. The van der Waals surface area contributed by atoms with Gasteiger partial charge in [0.2, 0.25) is 0 Å². The fourth-order valence-corrected chi connectivity index (χ4v) is 3.18. The van der Waals surface area contributed by atoms with Crippen LogP contribution in [0.5, 0.6) is 0 Å². The van der Waals surface area contributed by atoms with E-state index in [2.05, 4.69) is 25.0 Å². The van der Waals surface area contributed by atoms with Crippen molar-refractivity contribution < 1.29 is 4.39 Å². The van der Waals surface area contributed by atoms with E-state index in [1.807, 2.05) is 6.07 Å². The summed E-state index contributed by atoms with van der Waals surface area (Å²) in [4.78, 5) is 24.7. The first-order chi connectivity index (χ1) is 12.6. The van der Waals surface area contributed by atoms with Crippen LogP contribution >= 0.6 is 0 Å². The van der Waals surface area contributed by atoms with E-state index in [1.165, 1.54) is 6.07 Å². The highest BCUT2D eigenvalue weighted by molar-refractivity contribution is 5.93. The number of fused-ring (bicyclic) bond motifs is 2. The van der Waals surface area contributed by atoms with Crippen LogP contribution in [0.4, 0.5) is 4.39 Å². The summed E-state index contributed by atoms with van der Waals surface area (Å²) in [6.07, 6.45) is 1.80. The van der Waals surface area contributed by atoms with Gasteiger partial charge in [0.1, 0.15) is 17.3 Å². The normalized spacial score (nSPS) is 11.6. The van der Waals surface area contributed by atoms with E-state index in [9.17, 15) is 9.18 Å². The lowest BCUT2D eigenvalue weighted by atomic mass is 10.1. The minimum atomic E-state index is -0.338. The maximum atomic E-state index is 14.3. The van der Waals surface area contributed by atoms with Crippen LogP contribution in [0.25, 0.3) is 44.7 Å². The van der Waals surface area contributed by atoms with Crippen LogP contribution in [0.3, 0.4) is 0 Å². The average molecular weight is 348 g/mol. The predicted octanol–water partition coefficient (Wildman–Crippen LogP) is 2.94. The highest BCUT2D eigenvalue weighted by Gasteiger charge is 2.18. The molecule has 0 amide bonds. The van der Waals surface area contributed by atoms with Crippen molar-refractivity contribution in [3.05, 3.63) is 58.9 Å². The zero-order valence-corrected chi connectivity index (χ0v) is 13.7. The third-order valence-electron chi connectivity index (χ3n) is 4.33. The van der Waals surface area contributed by atoms with Crippen LogP contribution in [0.1, 0.15) is 0 Å². The first-order valence-corrected chi connectivity index (χ1v) is 7.99. The van der Waals surface area contributed by atoms with Crippen LogP contribution in [0.15, 0.2) is 47.4 Å². The van der Waals surface area contributed by atoms with Gasteiger partial charge in [-0.25, -0.2) is 14.2 Å². The summed E-state index contributed by atoms with van der Waals surface area (Å²) in [5.41, 5.74) is 4.22. The molecule has 0 saturated carbocycles. The molecule has 0 spiro atoms. The SMILES string of the molecule is Cn1cc(-c2nc3cc4[nH]c(=O)[nH]c4cc3[nH]2)c(-c2ccccc2F)n1. The van der Waals surface area contributed by atoms with Gasteiger partial charge in [0.15, 0.2) is 0 Å². The molecule has 128 valence electrons. The van der Waals surface area contributed by atoms with Crippen molar-refractivity contribution in [2.45, 2.75) is 0 Å². The molecule has 26 heavy (non-hydrogen) atoms. The number of imidazole rings is 2. The van der Waals surface area contributed by atoms with Crippen molar-refractivity contribution in [2.24, 2.45) is 7.05 Å². The van der Waals surface area contributed by atoms with Gasteiger partial charge in [-0.1, -0.05) is 12.1 Å². The van der Waals surface area contributed by atoms with Crippen molar-refractivity contribution in [3.8, 4) is 22.6 Å². The Labute approximate surface area is 145 Å². The summed E-state index contributed by atoms with van der Waals surface area (Å²) in [6.45, 7) is 0. The summed E-state index contributed by atoms with van der Waals surface area (Å²) < 4.78 is 15.9. The second kappa shape index (κ2) is 5.16. The number of aromatic nitrogens is 6. The van der Waals surface area contributed by atoms with Crippen molar-refractivity contribution in [1.29, 1.82) is 0 Å². The average Bonchev–Trinajstić information content (AvgIpc) is 3.27. The second-order valence-corrected chi connectivity index (χ2v) is 6.12. The molecule has 0 aliphatic rings. The van der Waals surface area contributed by atoms with E-state index in [0.717, 1.165) is 5.52 Å². The van der Waals surface area contributed by atoms with Crippen molar-refractivity contribution >= 4 is 22.1 Å². The Morgan fingerprint density at radius 2 is 1.77 bits per heavy atom. The number of H-pyrrole nitrogens is 3. The Balaban J connectivity index is 1.73. The largest absolute Gasteiger partial charge is 0.338 e. The number of halogens is 1. The monoisotopic (exact) mass is 348 g/mol. The maximum Gasteiger partial charge on any atom is 0.323 e. The van der Waals surface area contributed by atoms with Crippen molar-refractivity contribution in [2.75, 3.05) is 0 Å². The lowest BCUT2D eigenvalue weighted by Gasteiger charge is -2.01. The summed E-state index contributed by atoms with van der Waals surface area (Å²) in [5.74, 6) is 0.246. The van der Waals surface area contributed by atoms with Crippen molar-refractivity contribution in [1.82, 2.24) is 29.7 Å². The smallest absolute Gasteiger partial charge is 0.323 e. The summed E-state index contributed by atoms with van der Waals surface area (Å²) >= 11 is 0. The predicted molar refractivity (Wildman–Crippen MR) is 96.2 cm³/mol. The van der Waals surface area contributed by atoms with E-state index in [0.29, 0.717) is 39.2 Å². The molecule has 3 N–H and O–H groups in total. The van der Waals surface area contributed by atoms with Crippen LogP contribution in [-0.2, 0) is 7.05 Å². The van der Waals surface area contributed by atoms with E-state index >= 15 is 0 Å². The third-order valence-corrected chi connectivity index (χ3v) is 4.33. The molecule has 7 nitrogen and oxygen atoms in total. The topological polar surface area (TPSA) is 95.1 Å². The molecule has 3 aromatic heterocycles. The van der Waals surface area contributed by atoms with Gasteiger partial charge >= 0.3 is 5.69 Å². The van der Waals surface area contributed by atoms with Gasteiger partial charge < -0.3 is 15.0 Å². The fourth-order valence-electron chi connectivity index (χ4n) is 3.18. The van der Waals surface area contributed by atoms with Gasteiger partial charge in [-0.15, -0.1) is 0 Å². The van der Waals surface area contributed by atoms with E-state index in [4.69, 9.17) is 0 Å². The fraction of sp³-hybridized carbons (Fsp3) is 0.0556. The molecule has 0 aliphatic carbocycles. The molecule has 5 rings (SSSR count). The molecule has 0 atom stereocenters. The summed E-state index contributed by atoms with van der Waals surface area (Å²) in [5, 5.41) is 4.41. The molecule has 0 aliphatic heterocycles. The Kier molecular flexibility index (Phi) is 2.90. The van der Waals surface area contributed by atoms with Crippen LogP contribution in [-0.4, -0.2) is 29.7 Å². The maximum absolute atomic E-state index is 14.3. The first kappa shape index (κ1) is 14.6. The molecule has 0 radical (unpaired) electrons. The van der Waals surface area contributed by atoms with Crippen LogP contribution < -0.4 is 5.69 Å². The quantitative estimate of drug-likeness (QED) is 0.458. The Hall–Kier alpha value is -3.68. The molecule has 0 bridgehead atoms. The second-order valence-electron chi connectivity index (χ2n) is 6.12. The number of nitrogens with one attached hydrogen (secondary N) is 3.